The van der Waals surface area contributed by atoms with Crippen molar-refractivity contribution < 1.29 is 0 Å². The van der Waals surface area contributed by atoms with Gasteiger partial charge >= 0.3 is 0 Å². The molecule has 3 unspecified atom stereocenters. The molecule has 2 rings (SSSR count). The molecule has 4 heteroatoms. The number of thiophene rings is 1. The third kappa shape index (κ3) is 3.85. The molecule has 1 aromatic rings. The molecule has 1 aromatic heterocycles. The molecule has 20 heavy (non-hydrogen) atoms. The van der Waals surface area contributed by atoms with Gasteiger partial charge in [0, 0.05) is 36.1 Å². The van der Waals surface area contributed by atoms with Crippen molar-refractivity contribution in [2.75, 3.05) is 13.1 Å². The van der Waals surface area contributed by atoms with E-state index in [1.54, 1.807) is 0 Å². The van der Waals surface area contributed by atoms with Crippen LogP contribution in [-0.2, 0) is 6.54 Å². The summed E-state index contributed by atoms with van der Waals surface area (Å²) in [5, 5.41) is 3.78. The fraction of sp³-hybridized carbons (Fsp3) is 0.750. The zero-order valence-corrected chi connectivity index (χ0v) is 15.5. The second-order valence-corrected chi connectivity index (χ2v) is 8.91. The average molecular weight is 359 g/mol. The largest absolute Gasteiger partial charge is 0.309 e. The molecule has 2 nitrogen and oxygen atoms in total. The van der Waals surface area contributed by atoms with E-state index in [1.165, 1.54) is 21.5 Å². The van der Waals surface area contributed by atoms with E-state index in [4.69, 9.17) is 0 Å². The monoisotopic (exact) mass is 358 g/mol. The Hall–Kier alpha value is 0.1000. The molecule has 1 saturated heterocycles. The summed E-state index contributed by atoms with van der Waals surface area (Å²) in [5.41, 5.74) is 0.262. The quantitative estimate of drug-likeness (QED) is 0.833. The molecule has 1 aliphatic rings. The van der Waals surface area contributed by atoms with E-state index in [1.807, 2.05) is 11.3 Å². The van der Waals surface area contributed by atoms with Crippen molar-refractivity contribution in [3.05, 3.63) is 20.8 Å². The molecule has 0 amide bonds. The molecule has 1 N–H and O–H groups in total. The van der Waals surface area contributed by atoms with Crippen LogP contribution in [0.1, 0.15) is 45.4 Å². The van der Waals surface area contributed by atoms with Crippen LogP contribution in [0.3, 0.4) is 0 Å². The van der Waals surface area contributed by atoms with Crippen LogP contribution in [0.5, 0.6) is 0 Å². The van der Waals surface area contributed by atoms with Gasteiger partial charge in [-0.05, 0) is 47.3 Å². The smallest absolute Gasteiger partial charge is 0.0701 e. The number of hydrogen-bond donors (Lipinski definition) is 1. The fourth-order valence-electron chi connectivity index (χ4n) is 2.98. The van der Waals surface area contributed by atoms with Gasteiger partial charge in [0.05, 0.1) is 3.79 Å². The topological polar surface area (TPSA) is 15.3 Å². The molecule has 0 aliphatic carbocycles. The third-order valence-electron chi connectivity index (χ3n) is 4.83. The number of halogens is 1. The Kier molecular flexibility index (Phi) is 5.69. The highest BCUT2D eigenvalue weighted by Crippen LogP contribution is 2.29. The van der Waals surface area contributed by atoms with Gasteiger partial charge in [-0.2, -0.15) is 0 Å². The lowest BCUT2D eigenvalue weighted by atomic mass is 9.88. The van der Waals surface area contributed by atoms with Crippen molar-refractivity contribution >= 4 is 27.3 Å². The first-order chi connectivity index (χ1) is 9.47. The molecule has 0 saturated carbocycles. The molecule has 3 atom stereocenters. The highest BCUT2D eigenvalue weighted by Gasteiger charge is 2.36. The van der Waals surface area contributed by atoms with Crippen molar-refractivity contribution in [3.63, 3.8) is 0 Å². The van der Waals surface area contributed by atoms with E-state index in [0.29, 0.717) is 6.04 Å². The summed E-state index contributed by atoms with van der Waals surface area (Å²) in [5.74, 6) is 0.743. The van der Waals surface area contributed by atoms with Gasteiger partial charge in [0.25, 0.3) is 0 Å². The first kappa shape index (κ1) is 16.5. The maximum absolute atomic E-state index is 3.78. The first-order valence-electron chi connectivity index (χ1n) is 7.70. The summed E-state index contributed by atoms with van der Waals surface area (Å²) in [6.45, 7) is 12.7. The molecule has 0 spiro atoms. The van der Waals surface area contributed by atoms with Gasteiger partial charge in [-0.25, -0.2) is 0 Å². The molecule has 1 aliphatic heterocycles. The van der Waals surface area contributed by atoms with Crippen LogP contribution in [0.15, 0.2) is 15.9 Å². The molecular formula is C16H27BrN2S. The van der Waals surface area contributed by atoms with Crippen molar-refractivity contribution in [3.8, 4) is 0 Å². The Morgan fingerprint density at radius 2 is 2.25 bits per heavy atom. The Morgan fingerprint density at radius 1 is 1.50 bits per heavy atom. The molecule has 2 heterocycles. The van der Waals surface area contributed by atoms with Gasteiger partial charge in [-0.1, -0.05) is 27.2 Å². The lowest BCUT2D eigenvalue weighted by Crippen LogP contribution is -2.63. The average Bonchev–Trinajstić information content (AvgIpc) is 2.83. The summed E-state index contributed by atoms with van der Waals surface area (Å²) in [6, 6.07) is 5.08. The summed E-state index contributed by atoms with van der Waals surface area (Å²) in [4.78, 5) is 4.16. The van der Waals surface area contributed by atoms with Gasteiger partial charge in [0.15, 0.2) is 0 Å². The minimum absolute atomic E-state index is 0.262. The molecule has 0 radical (unpaired) electrons. The second kappa shape index (κ2) is 6.91. The minimum atomic E-state index is 0.262. The minimum Gasteiger partial charge on any atom is -0.309 e. The fourth-order valence-corrected chi connectivity index (χ4v) is 4.49. The summed E-state index contributed by atoms with van der Waals surface area (Å²) in [6.07, 6.45) is 2.44. The number of nitrogens with one attached hydrogen (secondary N) is 1. The zero-order chi connectivity index (χ0) is 14.8. The molecule has 0 bridgehead atoms. The van der Waals surface area contributed by atoms with Gasteiger partial charge in [0.1, 0.15) is 0 Å². The maximum Gasteiger partial charge on any atom is 0.0701 e. The highest BCUT2D eigenvalue weighted by molar-refractivity contribution is 9.11. The lowest BCUT2D eigenvalue weighted by Gasteiger charge is -2.48. The van der Waals surface area contributed by atoms with Crippen molar-refractivity contribution in [2.24, 2.45) is 5.92 Å². The Morgan fingerprint density at radius 3 is 2.80 bits per heavy atom. The number of hydrogen-bond acceptors (Lipinski definition) is 3. The molecule has 0 aromatic carbocycles. The Bertz CT molecular complexity index is 434. The van der Waals surface area contributed by atoms with E-state index in [9.17, 15) is 0 Å². The van der Waals surface area contributed by atoms with Crippen LogP contribution in [0.2, 0.25) is 0 Å². The van der Waals surface area contributed by atoms with E-state index in [-0.39, 0.29) is 5.54 Å². The number of piperazine rings is 1. The molecule has 1 fully saturated rings. The van der Waals surface area contributed by atoms with Crippen molar-refractivity contribution in [2.45, 2.75) is 58.7 Å². The van der Waals surface area contributed by atoms with E-state index in [2.05, 4.69) is 66.0 Å². The van der Waals surface area contributed by atoms with Gasteiger partial charge < -0.3 is 5.32 Å². The van der Waals surface area contributed by atoms with Crippen LogP contribution in [0.25, 0.3) is 0 Å². The lowest BCUT2D eigenvalue weighted by molar-refractivity contribution is 0.0495. The predicted octanol–water partition coefficient (Wildman–Crippen LogP) is 4.50. The van der Waals surface area contributed by atoms with Crippen molar-refractivity contribution in [1.82, 2.24) is 10.2 Å². The van der Waals surface area contributed by atoms with Gasteiger partial charge in [0.2, 0.25) is 0 Å². The Labute approximate surface area is 136 Å². The zero-order valence-electron chi connectivity index (χ0n) is 13.1. The van der Waals surface area contributed by atoms with Crippen LogP contribution in [0, 0.1) is 5.92 Å². The van der Waals surface area contributed by atoms with E-state index >= 15 is 0 Å². The first-order valence-corrected chi connectivity index (χ1v) is 9.31. The van der Waals surface area contributed by atoms with Crippen LogP contribution >= 0.6 is 27.3 Å². The standard InChI is InChI=1S/C16H27BrN2S/c1-5-12(3)14-9-18-16(4,6-2)11-19(14)10-13-7-8-15(17)20-13/h7-8,12,14,18H,5-6,9-11H2,1-4H3. The SMILES string of the molecule is CCC(C)C1CNC(C)(CC)CN1Cc1ccc(Br)s1. The summed E-state index contributed by atoms with van der Waals surface area (Å²) < 4.78 is 1.24. The second-order valence-electron chi connectivity index (χ2n) is 6.36. The summed E-state index contributed by atoms with van der Waals surface area (Å²) in [7, 11) is 0. The number of nitrogens with zero attached hydrogens (tertiary/aromatic N) is 1. The predicted molar refractivity (Wildman–Crippen MR) is 92.4 cm³/mol. The van der Waals surface area contributed by atoms with Gasteiger partial charge in [-0.3, -0.25) is 4.90 Å². The molecule has 114 valence electrons. The van der Waals surface area contributed by atoms with Gasteiger partial charge in [-0.15, -0.1) is 11.3 Å². The summed E-state index contributed by atoms with van der Waals surface area (Å²) >= 11 is 5.44. The van der Waals surface area contributed by atoms with Crippen LogP contribution < -0.4 is 5.32 Å². The van der Waals surface area contributed by atoms with E-state index in [0.717, 1.165) is 25.6 Å². The number of rotatable bonds is 5. The third-order valence-corrected chi connectivity index (χ3v) is 6.44. The highest BCUT2D eigenvalue weighted by atomic mass is 79.9. The maximum atomic E-state index is 3.78. The van der Waals surface area contributed by atoms with E-state index < -0.39 is 0 Å². The van der Waals surface area contributed by atoms with Crippen LogP contribution in [-0.4, -0.2) is 29.6 Å². The normalized spacial score (nSPS) is 29.6. The Balaban J connectivity index is 2.13. The van der Waals surface area contributed by atoms with Crippen molar-refractivity contribution in [1.29, 1.82) is 0 Å². The van der Waals surface area contributed by atoms with Crippen LogP contribution in [0.4, 0.5) is 0 Å². The molecular weight excluding hydrogens is 332 g/mol.